The van der Waals surface area contributed by atoms with Crippen LogP contribution in [0.2, 0.25) is 0 Å². The lowest BCUT2D eigenvalue weighted by Crippen LogP contribution is -1.26. The first-order chi connectivity index (χ1) is 1.91. The monoisotopic (exact) mass is 94.0 g/mol. The van der Waals surface area contributed by atoms with Gasteiger partial charge in [-0.3, -0.25) is 4.57 Å². The third kappa shape index (κ3) is 2.53. The minimum absolute atomic E-state index is 0.211. The van der Waals surface area contributed by atoms with Gasteiger partial charge < -0.3 is 0 Å². The van der Waals surface area contributed by atoms with Gasteiger partial charge in [0.25, 0.3) is 0 Å². The third-order valence-electron chi connectivity index (χ3n) is 0.0745. The van der Waals surface area contributed by atoms with Crippen molar-refractivity contribution in [2.24, 2.45) is 0 Å². The molecule has 24 valence electrons. The Bertz CT molecular complexity index is 20.0. The SMILES string of the molecule is O=PCP. The Hall–Kier alpha value is 0.530. The lowest BCUT2D eigenvalue weighted by atomic mass is 11.9. The molecular formula is CH4OP2. The summed E-state index contributed by atoms with van der Waals surface area (Å²) >= 11 is 0. The van der Waals surface area contributed by atoms with Crippen LogP contribution in [-0.2, 0) is 4.57 Å². The summed E-state index contributed by atoms with van der Waals surface area (Å²) in [6.45, 7) is 0. The predicted octanol–water partition coefficient (Wildman–Crippen LogP) is 1.11. The number of rotatable bonds is 1. The zero-order chi connectivity index (χ0) is 3.41. The maximum absolute atomic E-state index is 9.25. The summed E-state index contributed by atoms with van der Waals surface area (Å²) in [5.41, 5.74) is 0. The maximum Gasteiger partial charge on any atom is 0.159 e. The first-order valence-corrected chi connectivity index (χ1v) is 2.72. The van der Waals surface area contributed by atoms with Gasteiger partial charge in [-0.1, -0.05) is 0 Å². The molecule has 0 aromatic carbocycles. The third-order valence-corrected chi connectivity index (χ3v) is 0.671. The van der Waals surface area contributed by atoms with Crippen molar-refractivity contribution >= 4 is 17.7 Å². The molecule has 0 aliphatic heterocycles. The van der Waals surface area contributed by atoms with E-state index in [4.69, 9.17) is 0 Å². The molecule has 0 aromatic rings. The lowest BCUT2D eigenvalue weighted by molar-refractivity contribution is 0.601. The molecule has 1 unspecified atom stereocenters. The van der Waals surface area contributed by atoms with Crippen LogP contribution in [0.1, 0.15) is 0 Å². The van der Waals surface area contributed by atoms with E-state index in [1.54, 1.807) is 0 Å². The summed E-state index contributed by atoms with van der Waals surface area (Å²) < 4.78 is 9.25. The Morgan fingerprint density at radius 2 is 2.25 bits per heavy atom. The molecule has 0 saturated heterocycles. The molecule has 1 atom stereocenters. The standard InChI is InChI=1S/CH4OP2/c2-4-1-3/h1,3H2. The summed E-state index contributed by atoms with van der Waals surface area (Å²) in [6.07, 6.45) is 0. The van der Waals surface area contributed by atoms with Crippen LogP contribution in [-0.4, -0.2) is 5.90 Å². The fraction of sp³-hybridized carbons (Fsp3) is 1.00. The van der Waals surface area contributed by atoms with E-state index in [0.29, 0.717) is 5.90 Å². The molecule has 0 aromatic heterocycles. The van der Waals surface area contributed by atoms with Crippen molar-refractivity contribution in [2.45, 2.75) is 0 Å². The van der Waals surface area contributed by atoms with Crippen molar-refractivity contribution in [2.75, 3.05) is 5.90 Å². The molecule has 0 saturated carbocycles. The second kappa shape index (κ2) is 3.53. The van der Waals surface area contributed by atoms with Crippen LogP contribution in [0.15, 0.2) is 0 Å². The molecule has 3 heteroatoms. The van der Waals surface area contributed by atoms with Gasteiger partial charge in [-0.05, 0) is 0 Å². The average molecular weight is 94.0 g/mol. The molecule has 0 N–H and O–H groups in total. The topological polar surface area (TPSA) is 17.1 Å². The maximum atomic E-state index is 9.25. The normalized spacial score (nSPS) is 8.25. The van der Waals surface area contributed by atoms with Gasteiger partial charge in [-0.25, -0.2) is 0 Å². The lowest BCUT2D eigenvalue weighted by Gasteiger charge is -1.49. The van der Waals surface area contributed by atoms with Crippen LogP contribution >= 0.6 is 17.7 Å². The van der Waals surface area contributed by atoms with E-state index in [-0.39, 0.29) is 8.46 Å². The molecule has 0 radical (unpaired) electrons. The van der Waals surface area contributed by atoms with Crippen molar-refractivity contribution in [3.05, 3.63) is 0 Å². The van der Waals surface area contributed by atoms with E-state index in [1.807, 2.05) is 0 Å². The second-order valence-electron chi connectivity index (χ2n) is 0.312. The Morgan fingerprint density at radius 3 is 2.25 bits per heavy atom. The highest BCUT2D eigenvalue weighted by Gasteiger charge is 1.54. The molecule has 0 bridgehead atoms. The van der Waals surface area contributed by atoms with Crippen molar-refractivity contribution in [1.82, 2.24) is 0 Å². The zero-order valence-electron chi connectivity index (χ0n) is 2.14. The van der Waals surface area contributed by atoms with Crippen molar-refractivity contribution in [1.29, 1.82) is 0 Å². The Kier molecular flexibility index (Phi) is 4.00. The Morgan fingerprint density at radius 1 is 2.00 bits per heavy atom. The summed E-state index contributed by atoms with van der Waals surface area (Å²) in [5, 5.41) is 0. The van der Waals surface area contributed by atoms with E-state index in [1.165, 1.54) is 0 Å². The molecule has 4 heavy (non-hydrogen) atoms. The predicted molar refractivity (Wildman–Crippen MR) is 22.2 cm³/mol. The minimum Gasteiger partial charge on any atom is -0.275 e. The second-order valence-corrected chi connectivity index (χ2v) is 2.03. The Balaban J connectivity index is 2.30. The van der Waals surface area contributed by atoms with Gasteiger partial charge in [-0.15, -0.1) is 9.24 Å². The van der Waals surface area contributed by atoms with E-state index in [0.717, 1.165) is 0 Å². The van der Waals surface area contributed by atoms with Gasteiger partial charge >= 0.3 is 0 Å². The Labute approximate surface area is 29.2 Å². The van der Waals surface area contributed by atoms with Gasteiger partial charge in [0.2, 0.25) is 0 Å². The van der Waals surface area contributed by atoms with Crippen LogP contribution in [0, 0.1) is 0 Å². The molecule has 1 nitrogen and oxygen atoms in total. The molecule has 0 spiro atoms. The van der Waals surface area contributed by atoms with Crippen LogP contribution in [0.3, 0.4) is 0 Å². The average Bonchev–Trinajstić information content (AvgIpc) is 1.37. The molecule has 0 amide bonds. The van der Waals surface area contributed by atoms with Crippen LogP contribution in [0.5, 0.6) is 0 Å². The number of hydrogen-bond donors (Lipinski definition) is 0. The van der Waals surface area contributed by atoms with Gasteiger partial charge in [0.15, 0.2) is 8.46 Å². The summed E-state index contributed by atoms with van der Waals surface area (Å²) in [6, 6.07) is 0. The first-order valence-electron chi connectivity index (χ1n) is 0.907. The fourth-order valence-corrected chi connectivity index (χ4v) is 0. The summed E-state index contributed by atoms with van der Waals surface area (Å²) in [4.78, 5) is 0. The van der Waals surface area contributed by atoms with E-state index in [2.05, 4.69) is 9.24 Å². The minimum atomic E-state index is 0.211. The molecular weight excluding hydrogens is 90.0 g/mol. The quantitative estimate of drug-likeness (QED) is 0.445. The van der Waals surface area contributed by atoms with Crippen molar-refractivity contribution < 1.29 is 4.57 Å². The number of hydrogen-bond acceptors (Lipinski definition) is 1. The van der Waals surface area contributed by atoms with Crippen LogP contribution in [0.25, 0.3) is 0 Å². The highest BCUT2D eigenvalue weighted by molar-refractivity contribution is 7.39. The fourth-order valence-electron chi connectivity index (χ4n) is 0. The van der Waals surface area contributed by atoms with Gasteiger partial charge in [0.1, 0.15) is 0 Å². The summed E-state index contributed by atoms with van der Waals surface area (Å²) in [5.74, 6) is 0.653. The molecule has 0 heterocycles. The highest BCUT2D eigenvalue weighted by Crippen LogP contribution is 1.94. The molecule has 0 rings (SSSR count). The van der Waals surface area contributed by atoms with E-state index >= 15 is 0 Å². The molecule has 0 aliphatic carbocycles. The van der Waals surface area contributed by atoms with E-state index < -0.39 is 0 Å². The van der Waals surface area contributed by atoms with Crippen LogP contribution < -0.4 is 0 Å². The largest absolute Gasteiger partial charge is 0.275 e. The first kappa shape index (κ1) is 4.53. The molecule has 0 fully saturated rings. The van der Waals surface area contributed by atoms with Crippen molar-refractivity contribution in [3.63, 3.8) is 0 Å². The highest BCUT2D eigenvalue weighted by atomic mass is 31.1. The van der Waals surface area contributed by atoms with Gasteiger partial charge in [-0.2, -0.15) is 0 Å². The van der Waals surface area contributed by atoms with Crippen LogP contribution in [0.4, 0.5) is 0 Å². The van der Waals surface area contributed by atoms with E-state index in [9.17, 15) is 4.57 Å². The smallest absolute Gasteiger partial charge is 0.159 e. The zero-order valence-corrected chi connectivity index (χ0v) is 4.19. The summed E-state index contributed by atoms with van der Waals surface area (Å²) in [7, 11) is 2.54. The molecule has 0 aliphatic rings. The van der Waals surface area contributed by atoms with Gasteiger partial charge in [0.05, 0.1) is 0 Å². The van der Waals surface area contributed by atoms with Crippen molar-refractivity contribution in [3.8, 4) is 0 Å². The van der Waals surface area contributed by atoms with Gasteiger partial charge in [0, 0.05) is 5.90 Å².